The minimum atomic E-state index is -0.224. The summed E-state index contributed by atoms with van der Waals surface area (Å²) in [7, 11) is 0. The average molecular weight is 323 g/mol. The highest BCUT2D eigenvalue weighted by molar-refractivity contribution is 7.99. The lowest BCUT2D eigenvalue weighted by molar-refractivity contribution is 0.252. The van der Waals surface area contributed by atoms with E-state index in [2.05, 4.69) is 25.6 Å². The first-order valence-electron chi connectivity index (χ1n) is 6.53. The molecule has 0 aromatic carbocycles. The number of anilines is 1. The Bertz CT molecular complexity index is 568. The van der Waals surface area contributed by atoms with E-state index < -0.39 is 0 Å². The average Bonchev–Trinajstić information content (AvgIpc) is 2.90. The first-order valence-corrected chi connectivity index (χ1v) is 8.39. The topological polar surface area (TPSA) is 79.8 Å². The molecule has 2 rings (SSSR count). The number of rotatable bonds is 6. The first-order chi connectivity index (χ1) is 10.1. The van der Waals surface area contributed by atoms with Gasteiger partial charge in [-0.3, -0.25) is 5.32 Å². The van der Waals surface area contributed by atoms with E-state index in [0.29, 0.717) is 11.7 Å². The number of carbonyl (C=O) groups excluding carboxylic acids is 1. The summed E-state index contributed by atoms with van der Waals surface area (Å²) in [5.74, 6) is 0.862. The largest absolute Gasteiger partial charge is 0.338 e. The number of aromatic nitrogens is 3. The molecule has 0 saturated carbocycles. The molecule has 0 aliphatic heterocycles. The van der Waals surface area contributed by atoms with Crippen molar-refractivity contribution in [3.05, 3.63) is 29.0 Å². The van der Waals surface area contributed by atoms with Crippen molar-refractivity contribution >= 4 is 34.3 Å². The SMILES string of the molecule is Cc1cc(C)nc(SCCCNC(=O)Nc2nccs2)n1. The summed E-state index contributed by atoms with van der Waals surface area (Å²) in [4.78, 5) is 24.3. The number of aryl methyl sites for hydroxylation is 2. The van der Waals surface area contributed by atoms with Gasteiger partial charge in [0.05, 0.1) is 0 Å². The lowest BCUT2D eigenvalue weighted by Gasteiger charge is -2.05. The van der Waals surface area contributed by atoms with Gasteiger partial charge >= 0.3 is 6.03 Å². The molecule has 112 valence electrons. The molecule has 21 heavy (non-hydrogen) atoms. The van der Waals surface area contributed by atoms with Gasteiger partial charge in [0.2, 0.25) is 0 Å². The Kier molecular flexibility index (Phi) is 5.94. The smallest absolute Gasteiger partial charge is 0.321 e. The van der Waals surface area contributed by atoms with Gasteiger partial charge in [-0.25, -0.2) is 19.7 Å². The Balaban J connectivity index is 1.62. The Morgan fingerprint density at radius 1 is 1.33 bits per heavy atom. The van der Waals surface area contributed by atoms with Gasteiger partial charge in [0.1, 0.15) is 0 Å². The van der Waals surface area contributed by atoms with Crippen LogP contribution in [-0.4, -0.2) is 33.3 Å². The normalized spacial score (nSPS) is 10.4. The van der Waals surface area contributed by atoms with Crippen molar-refractivity contribution in [2.24, 2.45) is 0 Å². The third-order valence-corrected chi connectivity index (χ3v) is 4.07. The van der Waals surface area contributed by atoms with Crippen LogP contribution in [0.5, 0.6) is 0 Å². The van der Waals surface area contributed by atoms with Crippen LogP contribution < -0.4 is 10.6 Å². The maximum atomic E-state index is 11.5. The van der Waals surface area contributed by atoms with E-state index in [-0.39, 0.29) is 6.03 Å². The molecule has 2 N–H and O–H groups in total. The molecule has 2 heterocycles. The Morgan fingerprint density at radius 3 is 2.76 bits per heavy atom. The molecular formula is C13H17N5OS2. The summed E-state index contributed by atoms with van der Waals surface area (Å²) < 4.78 is 0. The van der Waals surface area contributed by atoms with Crippen molar-refractivity contribution in [1.29, 1.82) is 0 Å². The van der Waals surface area contributed by atoms with E-state index in [1.807, 2.05) is 25.3 Å². The second-order valence-electron chi connectivity index (χ2n) is 4.35. The minimum Gasteiger partial charge on any atom is -0.338 e. The van der Waals surface area contributed by atoms with Gasteiger partial charge in [-0.15, -0.1) is 11.3 Å². The number of urea groups is 1. The van der Waals surface area contributed by atoms with Gasteiger partial charge in [-0.05, 0) is 26.3 Å². The summed E-state index contributed by atoms with van der Waals surface area (Å²) in [6, 6.07) is 1.73. The highest BCUT2D eigenvalue weighted by Gasteiger charge is 2.03. The summed E-state index contributed by atoms with van der Waals surface area (Å²) >= 11 is 2.99. The summed E-state index contributed by atoms with van der Waals surface area (Å²) in [5, 5.41) is 8.67. The van der Waals surface area contributed by atoms with Crippen LogP contribution in [0.15, 0.2) is 22.8 Å². The van der Waals surface area contributed by atoms with E-state index in [4.69, 9.17) is 0 Å². The first kappa shape index (κ1) is 15.7. The van der Waals surface area contributed by atoms with E-state index in [1.165, 1.54) is 11.3 Å². The highest BCUT2D eigenvalue weighted by atomic mass is 32.2. The second kappa shape index (κ2) is 7.94. The Labute approximate surface area is 131 Å². The van der Waals surface area contributed by atoms with Gasteiger partial charge in [0.15, 0.2) is 10.3 Å². The predicted octanol–water partition coefficient (Wildman–Crippen LogP) is 2.85. The number of thiazole rings is 1. The molecule has 0 fully saturated rings. The molecule has 0 aliphatic rings. The standard InChI is InChI=1S/C13H17N5OS2/c1-9-8-10(2)17-13(16-9)20-6-3-4-14-11(19)18-12-15-5-7-21-12/h5,7-8H,3-4,6H2,1-2H3,(H2,14,15,18,19). The Hall–Kier alpha value is -1.67. The van der Waals surface area contributed by atoms with Gasteiger partial charge in [0, 0.05) is 35.3 Å². The van der Waals surface area contributed by atoms with Crippen molar-refractivity contribution in [1.82, 2.24) is 20.3 Å². The van der Waals surface area contributed by atoms with Crippen LogP contribution in [0, 0.1) is 13.8 Å². The highest BCUT2D eigenvalue weighted by Crippen LogP contribution is 2.14. The quantitative estimate of drug-likeness (QED) is 0.485. The molecule has 0 atom stereocenters. The zero-order valence-corrected chi connectivity index (χ0v) is 13.6. The number of hydrogen-bond donors (Lipinski definition) is 2. The van der Waals surface area contributed by atoms with Crippen molar-refractivity contribution in [2.45, 2.75) is 25.4 Å². The molecule has 2 aromatic heterocycles. The lowest BCUT2D eigenvalue weighted by atomic mass is 10.4. The number of thioether (sulfide) groups is 1. The van der Waals surface area contributed by atoms with Crippen LogP contribution in [0.1, 0.15) is 17.8 Å². The molecule has 0 bridgehead atoms. The molecule has 0 saturated heterocycles. The molecule has 8 heteroatoms. The minimum absolute atomic E-state index is 0.224. The van der Waals surface area contributed by atoms with Gasteiger partial charge in [-0.1, -0.05) is 11.8 Å². The van der Waals surface area contributed by atoms with Crippen LogP contribution in [0.3, 0.4) is 0 Å². The molecule has 2 amide bonds. The number of nitrogens with one attached hydrogen (secondary N) is 2. The van der Waals surface area contributed by atoms with Crippen LogP contribution in [0.25, 0.3) is 0 Å². The molecular weight excluding hydrogens is 306 g/mol. The van der Waals surface area contributed by atoms with Crippen LogP contribution in [0.4, 0.5) is 9.93 Å². The number of carbonyl (C=O) groups is 1. The van der Waals surface area contributed by atoms with E-state index in [0.717, 1.165) is 28.7 Å². The molecule has 2 aromatic rings. The van der Waals surface area contributed by atoms with Crippen LogP contribution in [-0.2, 0) is 0 Å². The predicted molar refractivity (Wildman–Crippen MR) is 86.0 cm³/mol. The lowest BCUT2D eigenvalue weighted by Crippen LogP contribution is -2.29. The van der Waals surface area contributed by atoms with Crippen molar-refractivity contribution in [3.63, 3.8) is 0 Å². The summed E-state index contributed by atoms with van der Waals surface area (Å²) in [6.45, 7) is 4.53. The fourth-order valence-corrected chi connectivity index (χ4v) is 3.03. The van der Waals surface area contributed by atoms with E-state index in [9.17, 15) is 4.79 Å². The third-order valence-electron chi connectivity index (χ3n) is 2.45. The maximum Gasteiger partial charge on any atom is 0.321 e. The fourth-order valence-electron chi connectivity index (χ4n) is 1.62. The third kappa shape index (κ3) is 5.68. The molecule has 0 spiro atoms. The summed E-state index contributed by atoms with van der Waals surface area (Å²) in [5.41, 5.74) is 1.96. The van der Waals surface area contributed by atoms with Crippen LogP contribution >= 0.6 is 23.1 Å². The number of hydrogen-bond acceptors (Lipinski definition) is 6. The van der Waals surface area contributed by atoms with Gasteiger partial charge in [-0.2, -0.15) is 0 Å². The summed E-state index contributed by atoms with van der Waals surface area (Å²) in [6.07, 6.45) is 2.51. The zero-order chi connectivity index (χ0) is 15.1. The monoisotopic (exact) mass is 323 g/mol. The Morgan fingerprint density at radius 2 is 2.10 bits per heavy atom. The van der Waals surface area contributed by atoms with Crippen LogP contribution in [0.2, 0.25) is 0 Å². The molecule has 6 nitrogen and oxygen atoms in total. The van der Waals surface area contributed by atoms with E-state index in [1.54, 1.807) is 18.0 Å². The van der Waals surface area contributed by atoms with Crippen molar-refractivity contribution in [2.75, 3.05) is 17.6 Å². The van der Waals surface area contributed by atoms with Crippen molar-refractivity contribution in [3.8, 4) is 0 Å². The van der Waals surface area contributed by atoms with Gasteiger partial charge < -0.3 is 5.32 Å². The van der Waals surface area contributed by atoms with E-state index >= 15 is 0 Å². The van der Waals surface area contributed by atoms with Gasteiger partial charge in [0.25, 0.3) is 0 Å². The molecule has 0 aliphatic carbocycles. The maximum absolute atomic E-state index is 11.5. The fraction of sp³-hybridized carbons (Fsp3) is 0.385. The number of nitrogens with zero attached hydrogens (tertiary/aromatic N) is 3. The second-order valence-corrected chi connectivity index (χ2v) is 6.31. The number of amides is 2. The van der Waals surface area contributed by atoms with Crippen molar-refractivity contribution < 1.29 is 4.79 Å². The molecule has 0 unspecified atom stereocenters. The molecule has 0 radical (unpaired) electrons. The zero-order valence-electron chi connectivity index (χ0n) is 11.9.